The fraction of sp³-hybridized carbons (Fsp3) is 0.320. The number of aryl methyl sites for hydroxylation is 6. The smallest absolute Gasteiger partial charge is 0.255 e. The lowest BCUT2D eigenvalue weighted by Gasteiger charge is -2.09. The van der Waals surface area contributed by atoms with E-state index in [2.05, 4.69) is 26.1 Å². The molecule has 0 spiro atoms. The number of amides is 1. The van der Waals surface area contributed by atoms with E-state index in [9.17, 15) is 4.79 Å². The highest BCUT2D eigenvalue weighted by molar-refractivity contribution is 6.04. The van der Waals surface area contributed by atoms with E-state index >= 15 is 0 Å². The third-order valence-electron chi connectivity index (χ3n) is 5.46. The highest BCUT2D eigenvalue weighted by Crippen LogP contribution is 2.18. The second-order valence-electron chi connectivity index (χ2n) is 7.52. The fourth-order valence-corrected chi connectivity index (χ4v) is 2.82. The Balaban J connectivity index is 0.000000261. The first-order valence-electron chi connectivity index (χ1n) is 9.59. The van der Waals surface area contributed by atoms with Gasteiger partial charge in [-0.05, 0) is 113 Å². The molecule has 0 saturated heterocycles. The molecule has 0 fully saturated rings. The van der Waals surface area contributed by atoms with E-state index in [0.717, 1.165) is 22.8 Å². The molecule has 3 nitrogen and oxygen atoms in total. The van der Waals surface area contributed by atoms with Crippen LogP contribution in [0.5, 0.6) is 0 Å². The van der Waals surface area contributed by atoms with Crippen LogP contribution in [-0.2, 0) is 0 Å². The van der Waals surface area contributed by atoms with Gasteiger partial charge in [-0.2, -0.15) is 0 Å². The third kappa shape index (κ3) is 5.13. The molecule has 1 heterocycles. The van der Waals surface area contributed by atoms with Gasteiger partial charge < -0.3 is 9.73 Å². The van der Waals surface area contributed by atoms with Gasteiger partial charge in [-0.1, -0.05) is 12.1 Å². The third-order valence-corrected chi connectivity index (χ3v) is 5.46. The molecule has 0 unspecified atom stereocenters. The molecule has 2 aromatic carbocycles. The summed E-state index contributed by atoms with van der Waals surface area (Å²) in [6.07, 6.45) is 0. The Labute approximate surface area is 168 Å². The average Bonchev–Trinajstić information content (AvgIpc) is 2.86. The summed E-state index contributed by atoms with van der Waals surface area (Å²) >= 11 is 0. The zero-order valence-electron chi connectivity index (χ0n) is 18.3. The van der Waals surface area contributed by atoms with Gasteiger partial charge in [0, 0.05) is 11.3 Å². The summed E-state index contributed by atoms with van der Waals surface area (Å²) in [6, 6.07) is 11.7. The maximum atomic E-state index is 12.2. The second-order valence-corrected chi connectivity index (χ2v) is 7.52. The molecule has 0 atom stereocenters. The van der Waals surface area contributed by atoms with Gasteiger partial charge in [-0.3, -0.25) is 4.79 Å². The van der Waals surface area contributed by atoms with Gasteiger partial charge >= 0.3 is 0 Å². The number of furan rings is 1. The summed E-state index contributed by atoms with van der Waals surface area (Å²) in [6.45, 7) is 16.3. The van der Waals surface area contributed by atoms with Crippen molar-refractivity contribution in [3.63, 3.8) is 0 Å². The second kappa shape index (κ2) is 8.92. The summed E-state index contributed by atoms with van der Waals surface area (Å²) < 4.78 is 5.34. The minimum Gasteiger partial charge on any atom is -0.466 e. The van der Waals surface area contributed by atoms with Crippen molar-refractivity contribution in [2.24, 2.45) is 0 Å². The molecular formula is C25H31NO2. The minimum absolute atomic E-state index is 0.0636. The standard InChI is InChI=1S/C17H19NO.C8H12O/c1-11-5-7-15(9-13(11)3)17(19)18-16-8-6-12(2)14(4)10-16;1-5-6(2)8(4)9-7(5)3/h5-10H,1-4H3,(H,18,19);1-4H3. The Morgan fingerprint density at radius 3 is 1.61 bits per heavy atom. The van der Waals surface area contributed by atoms with Crippen molar-refractivity contribution in [3.05, 3.63) is 86.9 Å². The van der Waals surface area contributed by atoms with Crippen LogP contribution in [0.15, 0.2) is 40.8 Å². The van der Waals surface area contributed by atoms with E-state index in [1.165, 1.54) is 27.8 Å². The van der Waals surface area contributed by atoms with Gasteiger partial charge in [0.25, 0.3) is 5.91 Å². The number of hydrogen-bond acceptors (Lipinski definition) is 2. The van der Waals surface area contributed by atoms with Crippen molar-refractivity contribution in [3.8, 4) is 0 Å². The van der Waals surface area contributed by atoms with Gasteiger partial charge in [0.1, 0.15) is 11.5 Å². The first-order chi connectivity index (χ1) is 13.1. The number of rotatable bonds is 2. The number of anilines is 1. The fourth-order valence-electron chi connectivity index (χ4n) is 2.82. The van der Waals surface area contributed by atoms with E-state index in [1.54, 1.807) is 0 Å². The van der Waals surface area contributed by atoms with Crippen molar-refractivity contribution < 1.29 is 9.21 Å². The molecule has 0 saturated carbocycles. The Bertz CT molecular complexity index is 974. The maximum Gasteiger partial charge on any atom is 0.255 e. The molecule has 0 aliphatic carbocycles. The molecule has 0 bridgehead atoms. The molecular weight excluding hydrogens is 346 g/mol. The number of nitrogens with one attached hydrogen (secondary N) is 1. The normalized spacial score (nSPS) is 10.3. The van der Waals surface area contributed by atoms with E-state index < -0.39 is 0 Å². The summed E-state index contributed by atoms with van der Waals surface area (Å²) in [5, 5.41) is 2.93. The van der Waals surface area contributed by atoms with E-state index in [0.29, 0.717) is 5.56 Å². The summed E-state index contributed by atoms with van der Waals surface area (Å²) in [5.41, 5.74) is 8.84. The molecule has 0 aliphatic rings. The molecule has 1 N–H and O–H groups in total. The van der Waals surface area contributed by atoms with Gasteiger partial charge in [-0.25, -0.2) is 0 Å². The number of carbonyl (C=O) groups is 1. The van der Waals surface area contributed by atoms with Crippen LogP contribution in [0.2, 0.25) is 0 Å². The van der Waals surface area contributed by atoms with Crippen LogP contribution in [-0.4, -0.2) is 5.91 Å². The lowest BCUT2D eigenvalue weighted by molar-refractivity contribution is 0.102. The Morgan fingerprint density at radius 1 is 0.679 bits per heavy atom. The molecule has 3 heteroatoms. The van der Waals surface area contributed by atoms with E-state index in [1.807, 2.05) is 71.0 Å². The number of carbonyl (C=O) groups excluding carboxylic acids is 1. The van der Waals surface area contributed by atoms with Crippen LogP contribution in [0, 0.1) is 55.4 Å². The largest absolute Gasteiger partial charge is 0.466 e. The van der Waals surface area contributed by atoms with Gasteiger partial charge in [0.15, 0.2) is 0 Å². The molecule has 0 aliphatic heterocycles. The lowest BCUT2D eigenvalue weighted by Crippen LogP contribution is -2.12. The zero-order valence-corrected chi connectivity index (χ0v) is 18.3. The maximum absolute atomic E-state index is 12.2. The van der Waals surface area contributed by atoms with Crippen molar-refractivity contribution in [2.75, 3.05) is 5.32 Å². The van der Waals surface area contributed by atoms with Crippen molar-refractivity contribution in [1.29, 1.82) is 0 Å². The Hall–Kier alpha value is -2.81. The minimum atomic E-state index is -0.0636. The van der Waals surface area contributed by atoms with Crippen molar-refractivity contribution in [1.82, 2.24) is 0 Å². The Kier molecular flexibility index (Phi) is 6.85. The van der Waals surface area contributed by atoms with Gasteiger partial charge in [-0.15, -0.1) is 0 Å². The van der Waals surface area contributed by atoms with Gasteiger partial charge in [0.2, 0.25) is 0 Å². The van der Waals surface area contributed by atoms with Crippen molar-refractivity contribution >= 4 is 11.6 Å². The number of hydrogen-bond donors (Lipinski definition) is 1. The first-order valence-corrected chi connectivity index (χ1v) is 9.59. The molecule has 28 heavy (non-hydrogen) atoms. The van der Waals surface area contributed by atoms with Crippen molar-refractivity contribution in [2.45, 2.75) is 55.4 Å². The lowest BCUT2D eigenvalue weighted by atomic mass is 10.1. The van der Waals surface area contributed by atoms with Crippen LogP contribution in [0.4, 0.5) is 5.69 Å². The molecule has 1 aromatic heterocycles. The van der Waals surface area contributed by atoms with Crippen LogP contribution in [0.1, 0.15) is 55.3 Å². The van der Waals surface area contributed by atoms with E-state index in [4.69, 9.17) is 4.42 Å². The van der Waals surface area contributed by atoms with E-state index in [-0.39, 0.29) is 5.91 Å². The highest BCUT2D eigenvalue weighted by atomic mass is 16.3. The Morgan fingerprint density at radius 2 is 1.18 bits per heavy atom. The SMILES string of the molecule is Cc1ccc(NC(=O)c2ccc(C)c(C)c2)cc1C.Cc1oc(C)c(C)c1C. The predicted octanol–water partition coefficient (Wildman–Crippen LogP) is 6.69. The topological polar surface area (TPSA) is 42.2 Å². The summed E-state index contributed by atoms with van der Waals surface area (Å²) in [5.74, 6) is 2.03. The van der Waals surface area contributed by atoms with Crippen LogP contribution < -0.4 is 5.32 Å². The molecule has 0 radical (unpaired) electrons. The highest BCUT2D eigenvalue weighted by Gasteiger charge is 2.07. The first kappa shape index (κ1) is 21.5. The quantitative estimate of drug-likeness (QED) is 0.541. The molecule has 3 rings (SSSR count). The molecule has 1 amide bonds. The molecule has 148 valence electrons. The molecule has 3 aromatic rings. The summed E-state index contributed by atoms with van der Waals surface area (Å²) in [4.78, 5) is 12.2. The zero-order chi connectivity index (χ0) is 21.0. The monoisotopic (exact) mass is 377 g/mol. The predicted molar refractivity (Wildman–Crippen MR) is 117 cm³/mol. The number of benzene rings is 2. The van der Waals surface area contributed by atoms with Gasteiger partial charge in [0.05, 0.1) is 0 Å². The average molecular weight is 378 g/mol. The van der Waals surface area contributed by atoms with Crippen LogP contribution in [0.25, 0.3) is 0 Å². The van der Waals surface area contributed by atoms with Crippen LogP contribution >= 0.6 is 0 Å². The summed E-state index contributed by atoms with van der Waals surface area (Å²) in [7, 11) is 0. The van der Waals surface area contributed by atoms with Crippen LogP contribution in [0.3, 0.4) is 0 Å².